The lowest BCUT2D eigenvalue weighted by Crippen LogP contribution is -2.29. The number of nitrogens with zero attached hydrogens (tertiary/aromatic N) is 1. The van der Waals surface area contributed by atoms with Crippen LogP contribution in [0.25, 0.3) is 10.2 Å². The molecule has 1 heterocycles. The monoisotopic (exact) mass is 416 g/mol. The second-order valence-corrected chi connectivity index (χ2v) is 9.44. The van der Waals surface area contributed by atoms with Crippen LogP contribution >= 0.6 is 23.1 Å². The number of unbranched alkanes of at least 4 members (excludes halogenated alkanes) is 1. The molecule has 1 aliphatic rings. The highest BCUT2D eigenvalue weighted by Crippen LogP contribution is 2.32. The van der Waals surface area contributed by atoms with Gasteiger partial charge in [0.15, 0.2) is 4.34 Å². The van der Waals surface area contributed by atoms with Crippen molar-refractivity contribution in [3.05, 3.63) is 18.2 Å². The van der Waals surface area contributed by atoms with E-state index in [9.17, 15) is 4.79 Å². The zero-order valence-corrected chi connectivity index (χ0v) is 18.3. The van der Waals surface area contributed by atoms with E-state index in [-0.39, 0.29) is 11.8 Å². The smallest absolute Gasteiger partial charge is 0.227 e. The van der Waals surface area contributed by atoms with E-state index in [1.807, 2.05) is 18.2 Å². The predicted octanol–water partition coefficient (Wildman–Crippen LogP) is 5.73. The van der Waals surface area contributed by atoms with Gasteiger partial charge in [-0.1, -0.05) is 18.7 Å². The van der Waals surface area contributed by atoms with Crippen molar-refractivity contribution in [2.45, 2.75) is 62.3 Å². The molecule has 1 amide bonds. The summed E-state index contributed by atoms with van der Waals surface area (Å²) in [6.07, 6.45) is 7.03. The van der Waals surface area contributed by atoms with E-state index in [4.69, 9.17) is 4.74 Å². The van der Waals surface area contributed by atoms with Crippen LogP contribution in [-0.2, 0) is 9.53 Å². The lowest BCUT2D eigenvalue weighted by molar-refractivity contribution is -0.121. The van der Waals surface area contributed by atoms with Gasteiger partial charge < -0.3 is 10.1 Å². The maximum Gasteiger partial charge on any atom is 0.227 e. The molecule has 1 aromatic heterocycles. The van der Waals surface area contributed by atoms with E-state index in [1.54, 1.807) is 30.2 Å². The second-order valence-electron chi connectivity index (χ2n) is 7.06. The largest absolute Gasteiger partial charge is 0.381 e. The number of hydrogen-bond acceptors (Lipinski definition) is 5. The molecular formula is C22H28N2O2S2. The van der Waals surface area contributed by atoms with Gasteiger partial charge in [0, 0.05) is 37.3 Å². The summed E-state index contributed by atoms with van der Waals surface area (Å²) in [5.41, 5.74) is 1.85. The SMILES string of the molecule is CCCC#CCCSc1nc2ccc(NC(=O)C3CCC(OC)CC3)cc2s1. The molecule has 1 aromatic carbocycles. The molecule has 0 saturated heterocycles. The van der Waals surface area contributed by atoms with E-state index in [0.29, 0.717) is 6.10 Å². The third-order valence-corrected chi connectivity index (χ3v) is 7.13. The number of amides is 1. The highest BCUT2D eigenvalue weighted by molar-refractivity contribution is 8.01. The number of thioether (sulfide) groups is 1. The van der Waals surface area contributed by atoms with Gasteiger partial charge in [-0.25, -0.2) is 4.98 Å². The molecule has 28 heavy (non-hydrogen) atoms. The Morgan fingerprint density at radius 3 is 2.82 bits per heavy atom. The van der Waals surface area contributed by atoms with Crippen LogP contribution in [0.3, 0.4) is 0 Å². The lowest BCUT2D eigenvalue weighted by Gasteiger charge is -2.26. The van der Waals surface area contributed by atoms with Crippen molar-refractivity contribution >= 4 is 44.9 Å². The first kappa shape index (κ1) is 21.2. The molecular weight excluding hydrogens is 388 g/mol. The minimum absolute atomic E-state index is 0.0866. The van der Waals surface area contributed by atoms with Crippen LogP contribution in [0.1, 0.15) is 51.9 Å². The molecule has 1 saturated carbocycles. The highest BCUT2D eigenvalue weighted by atomic mass is 32.2. The van der Waals surface area contributed by atoms with Crippen LogP contribution < -0.4 is 5.32 Å². The number of methoxy groups -OCH3 is 1. The van der Waals surface area contributed by atoms with E-state index in [2.05, 4.69) is 29.1 Å². The first-order valence-electron chi connectivity index (χ1n) is 10.0. The molecule has 1 aliphatic carbocycles. The van der Waals surface area contributed by atoms with Gasteiger partial charge in [0.05, 0.1) is 16.3 Å². The van der Waals surface area contributed by atoms with Gasteiger partial charge in [-0.3, -0.25) is 4.79 Å². The molecule has 1 fully saturated rings. The summed E-state index contributed by atoms with van der Waals surface area (Å²) in [5.74, 6) is 7.56. The summed E-state index contributed by atoms with van der Waals surface area (Å²) in [5, 5.41) is 3.09. The molecule has 4 nitrogen and oxygen atoms in total. The third kappa shape index (κ3) is 5.97. The van der Waals surface area contributed by atoms with Gasteiger partial charge >= 0.3 is 0 Å². The molecule has 6 heteroatoms. The fraction of sp³-hybridized carbons (Fsp3) is 0.545. The number of rotatable bonds is 7. The summed E-state index contributed by atoms with van der Waals surface area (Å²) in [6.45, 7) is 2.15. The predicted molar refractivity (Wildman–Crippen MR) is 119 cm³/mol. The number of benzene rings is 1. The van der Waals surface area contributed by atoms with Crippen molar-refractivity contribution in [2.24, 2.45) is 5.92 Å². The summed E-state index contributed by atoms with van der Waals surface area (Å²) in [4.78, 5) is 17.3. The standard InChI is InChI=1S/C22H28N2O2S2/c1-3-4-5-6-7-14-27-22-24-19-13-10-17(15-20(19)28-22)23-21(25)16-8-11-18(26-2)12-9-16/h10,13,15-16,18H,3-4,7-9,11-12,14H2,1-2H3,(H,23,25). The molecule has 2 aromatic rings. The first-order valence-corrected chi connectivity index (χ1v) is 11.8. The van der Waals surface area contributed by atoms with Crippen molar-refractivity contribution < 1.29 is 9.53 Å². The van der Waals surface area contributed by atoms with Crippen LogP contribution in [0.2, 0.25) is 0 Å². The minimum atomic E-state index is 0.0866. The van der Waals surface area contributed by atoms with Crippen LogP contribution in [0.5, 0.6) is 0 Å². The van der Waals surface area contributed by atoms with Gasteiger partial charge in [-0.15, -0.1) is 23.2 Å². The average molecular weight is 417 g/mol. The zero-order valence-electron chi connectivity index (χ0n) is 16.6. The molecule has 1 N–H and O–H groups in total. The minimum Gasteiger partial charge on any atom is -0.381 e. The fourth-order valence-electron chi connectivity index (χ4n) is 3.34. The Morgan fingerprint density at radius 1 is 1.29 bits per heavy atom. The van der Waals surface area contributed by atoms with Crippen molar-refractivity contribution in [2.75, 3.05) is 18.2 Å². The van der Waals surface area contributed by atoms with E-state index < -0.39 is 0 Å². The summed E-state index contributed by atoms with van der Waals surface area (Å²) >= 11 is 3.44. The van der Waals surface area contributed by atoms with E-state index >= 15 is 0 Å². The van der Waals surface area contributed by atoms with Crippen LogP contribution in [0, 0.1) is 17.8 Å². The second kappa shape index (κ2) is 10.8. The Morgan fingerprint density at radius 2 is 2.07 bits per heavy atom. The number of aromatic nitrogens is 1. The molecule has 3 rings (SSSR count). The number of carbonyl (C=O) groups excluding carboxylic acids is 1. The van der Waals surface area contributed by atoms with Crippen LogP contribution in [0.15, 0.2) is 22.5 Å². The molecule has 0 bridgehead atoms. The zero-order chi connectivity index (χ0) is 19.8. The molecule has 0 aliphatic heterocycles. The number of ether oxygens (including phenoxy) is 1. The van der Waals surface area contributed by atoms with Gasteiger partial charge in [0.2, 0.25) is 5.91 Å². The summed E-state index contributed by atoms with van der Waals surface area (Å²) in [7, 11) is 1.75. The van der Waals surface area contributed by atoms with E-state index in [0.717, 1.165) is 70.9 Å². The van der Waals surface area contributed by atoms with Gasteiger partial charge in [-0.05, 0) is 50.3 Å². The Bertz CT molecular complexity index is 845. The highest BCUT2D eigenvalue weighted by Gasteiger charge is 2.26. The molecule has 150 valence electrons. The van der Waals surface area contributed by atoms with Crippen LogP contribution in [0.4, 0.5) is 5.69 Å². The fourth-order valence-corrected chi connectivity index (χ4v) is 5.37. The third-order valence-electron chi connectivity index (χ3n) is 4.97. The Labute approximate surface area is 175 Å². The number of anilines is 1. The molecule has 0 unspecified atom stereocenters. The maximum absolute atomic E-state index is 12.6. The van der Waals surface area contributed by atoms with E-state index in [1.165, 1.54) is 0 Å². The summed E-state index contributed by atoms with van der Waals surface area (Å²) in [6, 6.07) is 5.98. The number of fused-ring (bicyclic) bond motifs is 1. The lowest BCUT2D eigenvalue weighted by atomic mass is 9.87. The van der Waals surface area contributed by atoms with Crippen molar-refractivity contribution in [3.63, 3.8) is 0 Å². The maximum atomic E-state index is 12.6. The topological polar surface area (TPSA) is 51.2 Å². The Hall–Kier alpha value is -1.55. The number of hydrogen-bond donors (Lipinski definition) is 1. The van der Waals surface area contributed by atoms with Crippen molar-refractivity contribution in [1.29, 1.82) is 0 Å². The molecule has 0 spiro atoms. The molecule has 0 radical (unpaired) electrons. The summed E-state index contributed by atoms with van der Waals surface area (Å²) < 4.78 is 7.57. The van der Waals surface area contributed by atoms with Crippen molar-refractivity contribution in [3.8, 4) is 11.8 Å². The number of thiazole rings is 1. The normalized spacial score (nSPS) is 19.2. The van der Waals surface area contributed by atoms with Gasteiger partial charge in [0.25, 0.3) is 0 Å². The number of nitrogens with one attached hydrogen (secondary N) is 1. The average Bonchev–Trinajstić information content (AvgIpc) is 3.12. The molecule has 0 atom stereocenters. The first-order chi connectivity index (χ1) is 13.7. The Balaban J connectivity index is 1.54. The van der Waals surface area contributed by atoms with Crippen molar-refractivity contribution in [1.82, 2.24) is 4.98 Å². The Kier molecular flexibility index (Phi) is 8.20. The number of carbonyl (C=O) groups is 1. The quantitative estimate of drug-likeness (QED) is 0.356. The van der Waals surface area contributed by atoms with Gasteiger partial charge in [-0.2, -0.15) is 0 Å². The van der Waals surface area contributed by atoms with Gasteiger partial charge in [0.1, 0.15) is 0 Å². The van der Waals surface area contributed by atoms with Crippen LogP contribution in [-0.4, -0.2) is 29.9 Å².